The van der Waals surface area contributed by atoms with Crippen molar-refractivity contribution in [3.63, 3.8) is 0 Å². The van der Waals surface area contributed by atoms with Crippen molar-refractivity contribution in [2.24, 2.45) is 0 Å². The van der Waals surface area contributed by atoms with Gasteiger partial charge in [0.1, 0.15) is 17.6 Å². The Balaban J connectivity index is 2.16. The van der Waals surface area contributed by atoms with Gasteiger partial charge in [0.2, 0.25) is 10.0 Å². The van der Waals surface area contributed by atoms with Crippen LogP contribution in [0.3, 0.4) is 0 Å². The fourth-order valence-corrected chi connectivity index (χ4v) is 3.54. The molecule has 0 saturated carbocycles. The van der Waals surface area contributed by atoms with E-state index in [2.05, 4.69) is 14.8 Å². The zero-order valence-corrected chi connectivity index (χ0v) is 12.6. The number of nitriles is 1. The third kappa shape index (κ3) is 3.78. The van der Waals surface area contributed by atoms with Crippen LogP contribution >= 0.6 is 11.6 Å². The molecule has 1 N–H and O–H groups in total. The van der Waals surface area contributed by atoms with E-state index in [1.165, 1.54) is 35.5 Å². The van der Waals surface area contributed by atoms with Crippen LogP contribution in [-0.2, 0) is 16.6 Å². The highest BCUT2D eigenvalue weighted by molar-refractivity contribution is 7.89. The molecule has 1 heterocycles. The van der Waals surface area contributed by atoms with E-state index in [-0.39, 0.29) is 9.92 Å². The molecule has 0 spiro atoms. The van der Waals surface area contributed by atoms with Crippen molar-refractivity contribution in [2.75, 3.05) is 0 Å². The number of aromatic nitrogens is 3. The minimum absolute atomic E-state index is 0.00880. The van der Waals surface area contributed by atoms with Crippen LogP contribution < -0.4 is 4.72 Å². The molecule has 0 aliphatic carbocycles. The molecular formula is C12H12ClN5O2S. The fourth-order valence-electron chi connectivity index (χ4n) is 1.76. The molecule has 110 valence electrons. The molecule has 9 heteroatoms. The van der Waals surface area contributed by atoms with Crippen molar-refractivity contribution < 1.29 is 8.42 Å². The first kappa shape index (κ1) is 15.4. The molecule has 1 atom stereocenters. The van der Waals surface area contributed by atoms with Crippen LogP contribution in [0.25, 0.3) is 0 Å². The first-order valence-electron chi connectivity index (χ1n) is 5.97. The van der Waals surface area contributed by atoms with E-state index in [4.69, 9.17) is 16.9 Å². The summed E-state index contributed by atoms with van der Waals surface area (Å²) in [6.07, 6.45) is 2.87. The summed E-state index contributed by atoms with van der Waals surface area (Å²) in [6, 6.07) is 5.53. The molecule has 0 amide bonds. The van der Waals surface area contributed by atoms with Gasteiger partial charge in [-0.05, 0) is 25.1 Å². The summed E-state index contributed by atoms with van der Waals surface area (Å²) in [7, 11) is -3.77. The number of nitrogens with zero attached hydrogens (tertiary/aromatic N) is 4. The van der Waals surface area contributed by atoms with E-state index in [1.54, 1.807) is 6.92 Å². The zero-order chi connectivity index (χ0) is 15.5. The first-order valence-corrected chi connectivity index (χ1v) is 7.83. The molecule has 2 rings (SSSR count). The van der Waals surface area contributed by atoms with E-state index in [0.29, 0.717) is 12.1 Å². The largest absolute Gasteiger partial charge is 0.251 e. The Morgan fingerprint density at radius 2 is 2.29 bits per heavy atom. The van der Waals surface area contributed by atoms with E-state index < -0.39 is 16.1 Å². The number of rotatable bonds is 5. The average Bonchev–Trinajstić information content (AvgIpc) is 2.90. The van der Waals surface area contributed by atoms with Crippen molar-refractivity contribution in [2.45, 2.75) is 24.4 Å². The summed E-state index contributed by atoms with van der Waals surface area (Å²) in [4.78, 5) is 3.72. The summed E-state index contributed by atoms with van der Waals surface area (Å²) in [5.74, 6) is 0. The molecule has 0 aliphatic rings. The van der Waals surface area contributed by atoms with Gasteiger partial charge >= 0.3 is 0 Å². The lowest BCUT2D eigenvalue weighted by atomic mass is 10.2. The highest BCUT2D eigenvalue weighted by atomic mass is 35.5. The van der Waals surface area contributed by atoms with Crippen molar-refractivity contribution in [3.05, 3.63) is 41.4 Å². The molecule has 0 bridgehead atoms. The van der Waals surface area contributed by atoms with Crippen molar-refractivity contribution in [3.8, 4) is 6.07 Å². The molecule has 2 aromatic rings. The van der Waals surface area contributed by atoms with Crippen LogP contribution in [0, 0.1) is 11.3 Å². The summed E-state index contributed by atoms with van der Waals surface area (Å²) < 4.78 is 28.6. The van der Waals surface area contributed by atoms with E-state index in [1.807, 2.05) is 6.07 Å². The minimum Gasteiger partial charge on any atom is -0.251 e. The van der Waals surface area contributed by atoms with Gasteiger partial charge in [0.25, 0.3) is 0 Å². The molecule has 0 unspecified atom stereocenters. The number of benzene rings is 1. The summed E-state index contributed by atoms with van der Waals surface area (Å²) >= 11 is 5.92. The molecule has 0 saturated heterocycles. The Kier molecular flexibility index (Phi) is 4.57. The average molecular weight is 326 g/mol. The Morgan fingerprint density at radius 1 is 1.52 bits per heavy atom. The van der Waals surface area contributed by atoms with Crippen LogP contribution in [0.4, 0.5) is 0 Å². The summed E-state index contributed by atoms with van der Waals surface area (Å²) in [5.41, 5.74) is 0.301. The topological polar surface area (TPSA) is 101 Å². The number of nitrogens with one attached hydrogen (secondary N) is 1. The molecule has 1 aromatic carbocycles. The second-order valence-corrected chi connectivity index (χ2v) is 6.49. The molecule has 1 aromatic heterocycles. The van der Waals surface area contributed by atoms with E-state index >= 15 is 0 Å². The lowest BCUT2D eigenvalue weighted by molar-refractivity contribution is 0.493. The maximum atomic E-state index is 12.3. The molecule has 0 radical (unpaired) electrons. The third-order valence-corrected chi connectivity index (χ3v) is 4.71. The van der Waals surface area contributed by atoms with Crippen LogP contribution in [-0.4, -0.2) is 29.2 Å². The fraction of sp³-hybridized carbons (Fsp3) is 0.250. The van der Waals surface area contributed by atoms with Gasteiger partial charge < -0.3 is 0 Å². The predicted octanol–water partition coefficient (Wildman–Crippen LogP) is 1.17. The highest BCUT2D eigenvalue weighted by Gasteiger charge is 2.21. The Bertz CT molecular complexity index is 767. The smallest absolute Gasteiger partial charge is 0.242 e. The van der Waals surface area contributed by atoms with Crippen LogP contribution in [0.2, 0.25) is 5.02 Å². The first-order chi connectivity index (χ1) is 9.92. The highest BCUT2D eigenvalue weighted by Crippen LogP contribution is 2.22. The standard InChI is InChI=1S/C12H12ClN5O2S/c1-9(6-18-8-15-7-16-18)17-21(19,20)12-3-2-10(5-14)4-11(12)13/h2-4,7-9,17H,6H2,1H3/t9-/m1/s1. The Hall–Kier alpha value is -1.95. The SMILES string of the molecule is C[C@H](Cn1cncn1)NS(=O)(=O)c1ccc(C#N)cc1Cl. The van der Waals surface area contributed by atoms with Gasteiger partial charge in [0.15, 0.2) is 0 Å². The molecular weight excluding hydrogens is 314 g/mol. The van der Waals surface area contributed by atoms with Crippen molar-refractivity contribution in [1.29, 1.82) is 5.26 Å². The number of sulfonamides is 1. The second kappa shape index (κ2) is 6.22. The Labute approximate surface area is 127 Å². The van der Waals surface area contributed by atoms with Gasteiger partial charge in [-0.15, -0.1) is 0 Å². The van der Waals surface area contributed by atoms with Crippen LogP contribution in [0.5, 0.6) is 0 Å². The quantitative estimate of drug-likeness (QED) is 0.889. The van der Waals surface area contributed by atoms with Crippen LogP contribution in [0.15, 0.2) is 35.7 Å². The van der Waals surface area contributed by atoms with Gasteiger partial charge in [-0.25, -0.2) is 18.1 Å². The van der Waals surface area contributed by atoms with Gasteiger partial charge in [0.05, 0.1) is 23.2 Å². The van der Waals surface area contributed by atoms with Crippen molar-refractivity contribution in [1.82, 2.24) is 19.5 Å². The van der Waals surface area contributed by atoms with Crippen LogP contribution in [0.1, 0.15) is 12.5 Å². The minimum atomic E-state index is -3.77. The lowest BCUT2D eigenvalue weighted by Crippen LogP contribution is -2.35. The summed E-state index contributed by atoms with van der Waals surface area (Å²) in [6.45, 7) is 2.05. The molecule has 7 nitrogen and oxygen atoms in total. The van der Waals surface area contributed by atoms with Crippen molar-refractivity contribution >= 4 is 21.6 Å². The molecule has 0 aliphatic heterocycles. The zero-order valence-electron chi connectivity index (χ0n) is 11.1. The van der Waals surface area contributed by atoms with Gasteiger partial charge in [-0.2, -0.15) is 10.4 Å². The second-order valence-electron chi connectivity index (χ2n) is 4.40. The van der Waals surface area contributed by atoms with Gasteiger partial charge in [-0.3, -0.25) is 4.68 Å². The Morgan fingerprint density at radius 3 is 2.86 bits per heavy atom. The molecule has 0 fully saturated rings. The molecule has 21 heavy (non-hydrogen) atoms. The monoisotopic (exact) mass is 325 g/mol. The number of hydrogen-bond donors (Lipinski definition) is 1. The lowest BCUT2D eigenvalue weighted by Gasteiger charge is -2.14. The van der Waals surface area contributed by atoms with E-state index in [9.17, 15) is 8.42 Å². The maximum Gasteiger partial charge on any atom is 0.242 e. The predicted molar refractivity (Wildman–Crippen MR) is 76.0 cm³/mol. The number of halogens is 1. The number of hydrogen-bond acceptors (Lipinski definition) is 5. The van der Waals surface area contributed by atoms with Gasteiger partial charge in [-0.1, -0.05) is 11.6 Å². The maximum absolute atomic E-state index is 12.3. The van der Waals surface area contributed by atoms with Gasteiger partial charge in [0, 0.05) is 6.04 Å². The van der Waals surface area contributed by atoms with E-state index in [0.717, 1.165) is 0 Å². The normalized spacial score (nSPS) is 12.8. The summed E-state index contributed by atoms with van der Waals surface area (Å²) in [5, 5.41) is 12.7. The third-order valence-electron chi connectivity index (χ3n) is 2.63.